The number of ether oxygens (including phenoxy) is 9. The summed E-state index contributed by atoms with van der Waals surface area (Å²) >= 11 is 0. The highest BCUT2D eigenvalue weighted by molar-refractivity contribution is 6.99. The third-order valence-corrected chi connectivity index (χ3v) is 29.7. The molecule has 480 valence electrons. The summed E-state index contributed by atoms with van der Waals surface area (Å²) in [5, 5.41) is 2.50. The van der Waals surface area contributed by atoms with Gasteiger partial charge in [-0.2, -0.15) is 0 Å². The number of methoxy groups -OCH3 is 2. The first-order valence-corrected chi connectivity index (χ1v) is 37.7. The predicted octanol–water partition coefficient (Wildman–Crippen LogP) is 16.0. The molecule has 5 aromatic rings. The zero-order chi connectivity index (χ0) is 62.5. The van der Waals surface area contributed by atoms with Crippen LogP contribution >= 0.6 is 0 Å². The van der Waals surface area contributed by atoms with Gasteiger partial charge in [0.25, 0.3) is 8.32 Å². The first-order chi connectivity index (χ1) is 42.3. The maximum atomic E-state index is 7.47. The Morgan fingerprint density at radius 1 is 0.636 bits per heavy atom. The molecule has 13 heteroatoms. The largest absolute Gasteiger partial charge is 0.497 e. The van der Waals surface area contributed by atoms with Crippen LogP contribution in [0.25, 0.3) is 0 Å². The van der Waals surface area contributed by atoms with Gasteiger partial charge in [-0.25, -0.2) is 0 Å². The second-order valence-electron chi connectivity index (χ2n) is 27.6. The molecule has 1 unspecified atom stereocenters. The van der Waals surface area contributed by atoms with Gasteiger partial charge in [0.05, 0.1) is 88.0 Å². The van der Waals surface area contributed by atoms with Crippen LogP contribution in [0.2, 0.25) is 23.2 Å². The molecule has 4 aliphatic rings. The smallest absolute Gasteiger partial charge is 0.261 e. The number of epoxide rings is 1. The molecule has 0 radical (unpaired) electrons. The molecule has 4 saturated heterocycles. The molecule has 11 nitrogen and oxygen atoms in total. The van der Waals surface area contributed by atoms with Crippen LogP contribution in [0.5, 0.6) is 11.5 Å². The van der Waals surface area contributed by atoms with Gasteiger partial charge < -0.3 is 51.5 Å². The van der Waals surface area contributed by atoms with Crippen LogP contribution in [0, 0.1) is 5.92 Å². The minimum atomic E-state index is -2.71. The first kappa shape index (κ1) is 67.9. The van der Waals surface area contributed by atoms with Crippen LogP contribution < -0.4 is 19.8 Å². The molecular formula is C75H106O11Si2. The van der Waals surface area contributed by atoms with Crippen molar-refractivity contribution in [2.45, 2.75) is 242 Å². The molecule has 0 saturated carbocycles. The van der Waals surface area contributed by atoms with Gasteiger partial charge in [0.1, 0.15) is 17.6 Å². The highest BCUT2D eigenvalue weighted by Crippen LogP contribution is 2.52. The number of rotatable bonds is 33. The van der Waals surface area contributed by atoms with E-state index in [1.165, 1.54) is 10.4 Å². The van der Waals surface area contributed by atoms with Crippen molar-refractivity contribution >= 4 is 27.0 Å². The molecule has 0 amide bonds. The third-order valence-electron chi connectivity index (χ3n) is 20.0. The molecule has 1 spiro atoms. The standard InChI is InChI=1S/C75H106O11Si2/c1-13-87(14-2,15-3)86-63(51-74(10)70(85-74)69-45-50-75(84-69)47-26-34-66(83-75)57(4)52-81-88(71(5,6)7,64-30-21-17-22-31-64)65-32-23-18-24-33-65)29-25-46-72(8,80-55-60-37-41-62(77-12)42-38-60)48-43-67(79-54-59-35-39-61(76-11)40-36-59)68-44-49-73(9,82-68)56-78-53-58-27-19-16-20-28-58/h16-25,27-33,35-42,57,63,66-70H,13-15,26,34,43-56H2,1-12H3/b29-25+/t57-,63?,66-,67+,68+,69-,70-,72+,73+,74-,75-/m0/s1. The summed E-state index contributed by atoms with van der Waals surface area (Å²) < 4.78 is 74.5. The third kappa shape index (κ3) is 17.2. The second kappa shape index (κ2) is 30.3. The van der Waals surface area contributed by atoms with Gasteiger partial charge in [-0.15, -0.1) is 0 Å². The van der Waals surface area contributed by atoms with E-state index in [-0.39, 0.29) is 47.6 Å². The van der Waals surface area contributed by atoms with Crippen molar-refractivity contribution in [1.29, 1.82) is 0 Å². The van der Waals surface area contributed by atoms with Crippen molar-refractivity contribution in [1.82, 2.24) is 0 Å². The van der Waals surface area contributed by atoms with E-state index in [1.807, 2.05) is 30.3 Å². The van der Waals surface area contributed by atoms with Crippen LogP contribution in [0.15, 0.2) is 152 Å². The van der Waals surface area contributed by atoms with Crippen LogP contribution in [0.1, 0.15) is 157 Å². The lowest BCUT2D eigenvalue weighted by Crippen LogP contribution is -2.67. The molecule has 5 aromatic carbocycles. The van der Waals surface area contributed by atoms with Crippen molar-refractivity contribution in [3.8, 4) is 11.5 Å². The van der Waals surface area contributed by atoms with Crippen molar-refractivity contribution in [3.05, 3.63) is 168 Å². The Kier molecular flexibility index (Phi) is 23.4. The second-order valence-corrected chi connectivity index (χ2v) is 36.7. The fraction of sp³-hybridized carbons (Fsp3) is 0.573. The molecule has 0 aliphatic carbocycles. The predicted molar refractivity (Wildman–Crippen MR) is 358 cm³/mol. The summed E-state index contributed by atoms with van der Waals surface area (Å²) in [6.07, 6.45) is 13.5. The Morgan fingerprint density at radius 3 is 1.82 bits per heavy atom. The fourth-order valence-corrected chi connectivity index (χ4v) is 21.7. The summed E-state index contributed by atoms with van der Waals surface area (Å²) in [7, 11) is -1.38. The topological polar surface area (TPSA) is 105 Å². The van der Waals surface area contributed by atoms with Crippen molar-refractivity contribution < 1.29 is 51.5 Å². The van der Waals surface area contributed by atoms with Gasteiger partial charge in [0.15, 0.2) is 14.1 Å². The number of benzene rings is 5. The highest BCUT2D eigenvalue weighted by atomic mass is 28.4. The van der Waals surface area contributed by atoms with Gasteiger partial charge in [-0.05, 0) is 147 Å². The van der Waals surface area contributed by atoms with Crippen LogP contribution in [0.3, 0.4) is 0 Å². The number of hydrogen-bond acceptors (Lipinski definition) is 11. The van der Waals surface area contributed by atoms with E-state index in [4.69, 9.17) is 51.5 Å². The normalized spacial score (nSPS) is 25.8. The highest BCUT2D eigenvalue weighted by Gasteiger charge is 2.62. The molecule has 0 N–H and O–H groups in total. The van der Waals surface area contributed by atoms with E-state index in [0.717, 1.165) is 111 Å². The van der Waals surface area contributed by atoms with E-state index in [1.54, 1.807) is 14.2 Å². The van der Waals surface area contributed by atoms with Gasteiger partial charge in [0, 0.05) is 31.8 Å². The quantitative estimate of drug-likeness (QED) is 0.0228. The lowest BCUT2D eigenvalue weighted by molar-refractivity contribution is -0.280. The summed E-state index contributed by atoms with van der Waals surface area (Å²) in [6.45, 7) is 25.6. The SMILES string of the molecule is CC[Si](CC)(CC)OC(/C=C/C[C@](C)(CC[C@@H](OCc1ccc(OC)cc1)[C@H]1CC[C@](C)(COCc2ccccc2)O1)OCc1ccc(OC)cc1)C[C@]1(C)O[C@H]1[C@@H]1CC[C@]2(CCC[C@@H]([C@@H](C)CO[Si](c3ccccc3)(c3ccccc3)C(C)(C)C)O2)O1. The lowest BCUT2D eigenvalue weighted by atomic mass is 9.90. The monoisotopic (exact) mass is 1240 g/mol. The van der Waals surface area contributed by atoms with E-state index < -0.39 is 39.2 Å². The van der Waals surface area contributed by atoms with Gasteiger partial charge >= 0.3 is 0 Å². The fourth-order valence-electron chi connectivity index (χ4n) is 14.2. The van der Waals surface area contributed by atoms with Crippen LogP contribution in [0.4, 0.5) is 0 Å². The Hall–Kier alpha value is -4.49. The number of hydrogen-bond donors (Lipinski definition) is 0. The Morgan fingerprint density at radius 2 is 1.23 bits per heavy atom. The molecule has 4 heterocycles. The van der Waals surface area contributed by atoms with Crippen molar-refractivity contribution in [2.75, 3.05) is 27.4 Å². The Labute approximate surface area is 531 Å². The zero-order valence-electron chi connectivity index (χ0n) is 55.4. The Bertz CT molecular complexity index is 2860. The van der Waals surface area contributed by atoms with E-state index in [2.05, 4.69) is 191 Å². The molecule has 11 atom stereocenters. The van der Waals surface area contributed by atoms with Crippen molar-refractivity contribution in [2.24, 2.45) is 5.92 Å². The molecule has 0 bridgehead atoms. The van der Waals surface area contributed by atoms with Crippen LogP contribution in [-0.2, 0) is 61.8 Å². The minimum absolute atomic E-state index is 0.0290. The zero-order valence-corrected chi connectivity index (χ0v) is 57.4. The average molecular weight is 1240 g/mol. The molecule has 4 fully saturated rings. The summed E-state index contributed by atoms with van der Waals surface area (Å²) in [5.74, 6) is 1.20. The summed E-state index contributed by atoms with van der Waals surface area (Å²) in [6, 6.07) is 51.7. The van der Waals surface area contributed by atoms with Gasteiger partial charge in [-0.3, -0.25) is 0 Å². The van der Waals surface area contributed by atoms with E-state index >= 15 is 0 Å². The maximum absolute atomic E-state index is 7.47. The lowest BCUT2D eigenvalue weighted by Gasteiger charge is -2.45. The Balaban J connectivity index is 0.883. The molecule has 4 aliphatic heterocycles. The van der Waals surface area contributed by atoms with Gasteiger partial charge in [0.2, 0.25) is 0 Å². The summed E-state index contributed by atoms with van der Waals surface area (Å²) in [5.41, 5.74) is 1.93. The molecule has 88 heavy (non-hydrogen) atoms. The molecule has 9 rings (SSSR count). The van der Waals surface area contributed by atoms with Gasteiger partial charge in [-0.1, -0.05) is 176 Å². The van der Waals surface area contributed by atoms with E-state index in [0.29, 0.717) is 39.5 Å². The van der Waals surface area contributed by atoms with E-state index in [9.17, 15) is 0 Å². The maximum Gasteiger partial charge on any atom is 0.261 e. The average Bonchev–Trinajstić information content (AvgIpc) is 1.39. The first-order valence-electron chi connectivity index (χ1n) is 33.2. The summed E-state index contributed by atoms with van der Waals surface area (Å²) in [4.78, 5) is 0. The molecule has 0 aromatic heterocycles. The molecular weight excluding hydrogens is 1130 g/mol. The minimum Gasteiger partial charge on any atom is -0.497 e. The van der Waals surface area contributed by atoms with Crippen LogP contribution in [-0.4, -0.2) is 103 Å². The van der Waals surface area contributed by atoms with Crippen molar-refractivity contribution in [3.63, 3.8) is 0 Å².